The quantitative estimate of drug-likeness (QED) is 0.305. The summed E-state index contributed by atoms with van der Waals surface area (Å²) in [4.78, 5) is 49.4. The van der Waals surface area contributed by atoms with Gasteiger partial charge in [0.2, 0.25) is 0 Å². The second-order valence-electron chi connectivity index (χ2n) is 11.5. The lowest BCUT2D eigenvalue weighted by Gasteiger charge is -2.66. The lowest BCUT2D eigenvalue weighted by molar-refractivity contribution is -0.298. The summed E-state index contributed by atoms with van der Waals surface area (Å²) in [5.41, 5.74) is -2.27. The Morgan fingerprint density at radius 1 is 1.11 bits per heavy atom. The zero-order valence-electron chi connectivity index (χ0n) is 23.1. The molecule has 1 N–H and O–H groups in total. The van der Waals surface area contributed by atoms with E-state index in [1.807, 2.05) is 20.8 Å². The van der Waals surface area contributed by atoms with E-state index in [-0.39, 0.29) is 18.9 Å². The summed E-state index contributed by atoms with van der Waals surface area (Å²) >= 11 is 0. The summed E-state index contributed by atoms with van der Waals surface area (Å²) in [5, 5.41) is 12.4. The van der Waals surface area contributed by atoms with Gasteiger partial charge in [-0.3, -0.25) is 14.4 Å². The number of carbonyl (C=O) groups excluding carboxylic acids is 4. The van der Waals surface area contributed by atoms with Crippen molar-refractivity contribution in [3.63, 3.8) is 0 Å². The van der Waals surface area contributed by atoms with Gasteiger partial charge < -0.3 is 24.1 Å². The lowest BCUT2D eigenvalue weighted by atomic mass is 9.42. The standard InChI is InChI=1S/C28H40O9/c1-15(2)25(32)37-24-23(36-18(5)30)26(6)16(3)10-9-11-20(26)27(7,28(24,8)33)21(35-17(4)29)12-19-13-22(31)34-14-19/h10,13,15,20-21,23-24,33H,9,11-12,14H2,1-8H3/t20-,21-,23-,24-,26-,27-,28-/m0/s1. The number of ether oxygens (including phenoxy) is 4. The molecular weight excluding hydrogens is 480 g/mol. The van der Waals surface area contributed by atoms with E-state index >= 15 is 0 Å². The van der Waals surface area contributed by atoms with E-state index in [9.17, 15) is 24.3 Å². The average Bonchev–Trinajstić information content (AvgIpc) is 3.19. The van der Waals surface area contributed by atoms with E-state index in [0.29, 0.717) is 18.4 Å². The molecule has 2 aliphatic carbocycles. The van der Waals surface area contributed by atoms with Gasteiger partial charge in [-0.1, -0.05) is 39.3 Å². The second-order valence-corrected chi connectivity index (χ2v) is 11.5. The van der Waals surface area contributed by atoms with Gasteiger partial charge in [0.25, 0.3) is 0 Å². The van der Waals surface area contributed by atoms with Crippen molar-refractivity contribution in [3.05, 3.63) is 23.3 Å². The Balaban J connectivity index is 2.26. The fourth-order valence-corrected chi connectivity index (χ4v) is 6.57. The highest BCUT2D eigenvalue weighted by atomic mass is 16.6. The average molecular weight is 521 g/mol. The summed E-state index contributed by atoms with van der Waals surface area (Å²) in [6.07, 6.45) is 1.78. The molecule has 37 heavy (non-hydrogen) atoms. The van der Waals surface area contributed by atoms with Crippen LogP contribution in [-0.4, -0.2) is 59.5 Å². The molecule has 0 aromatic carbocycles. The Hall–Kier alpha value is -2.68. The third-order valence-electron chi connectivity index (χ3n) is 8.87. The van der Waals surface area contributed by atoms with Crippen molar-refractivity contribution in [2.24, 2.45) is 22.7 Å². The molecule has 0 aromatic rings. The van der Waals surface area contributed by atoms with E-state index in [1.54, 1.807) is 20.8 Å². The first-order valence-electron chi connectivity index (χ1n) is 12.9. The summed E-state index contributed by atoms with van der Waals surface area (Å²) in [7, 11) is 0. The van der Waals surface area contributed by atoms with Crippen molar-refractivity contribution >= 4 is 23.9 Å². The minimum absolute atomic E-state index is 0.0670. The molecule has 1 aliphatic heterocycles. The molecule has 206 valence electrons. The van der Waals surface area contributed by atoms with E-state index in [2.05, 4.69) is 6.08 Å². The number of allylic oxidation sites excluding steroid dienone is 1. The number of hydrogen-bond acceptors (Lipinski definition) is 9. The van der Waals surface area contributed by atoms with Crippen molar-refractivity contribution in [1.82, 2.24) is 0 Å². The van der Waals surface area contributed by atoms with Crippen LogP contribution in [0.2, 0.25) is 0 Å². The number of fused-ring (bicyclic) bond motifs is 1. The fourth-order valence-electron chi connectivity index (χ4n) is 6.57. The van der Waals surface area contributed by atoms with Crippen LogP contribution in [0.25, 0.3) is 0 Å². The van der Waals surface area contributed by atoms with E-state index in [0.717, 1.165) is 5.57 Å². The lowest BCUT2D eigenvalue weighted by Crippen LogP contribution is -2.76. The van der Waals surface area contributed by atoms with E-state index in [1.165, 1.54) is 19.9 Å². The first-order chi connectivity index (χ1) is 17.1. The topological polar surface area (TPSA) is 125 Å². The Labute approximate surface area is 218 Å². The van der Waals surface area contributed by atoms with Gasteiger partial charge in [0.05, 0.1) is 5.92 Å². The predicted molar refractivity (Wildman–Crippen MR) is 133 cm³/mol. The molecule has 0 aromatic heterocycles. The third kappa shape index (κ3) is 4.94. The van der Waals surface area contributed by atoms with Gasteiger partial charge in [-0.25, -0.2) is 4.79 Å². The minimum atomic E-state index is -1.80. The van der Waals surface area contributed by atoms with Crippen LogP contribution in [0.4, 0.5) is 0 Å². The first-order valence-corrected chi connectivity index (χ1v) is 12.9. The maximum atomic E-state index is 12.9. The second kappa shape index (κ2) is 10.2. The molecule has 0 radical (unpaired) electrons. The number of cyclic esters (lactones) is 1. The normalized spacial score (nSPS) is 36.1. The van der Waals surface area contributed by atoms with Gasteiger partial charge in [-0.2, -0.15) is 0 Å². The van der Waals surface area contributed by atoms with Crippen molar-refractivity contribution in [3.8, 4) is 0 Å². The molecule has 7 atom stereocenters. The van der Waals surface area contributed by atoms with Crippen molar-refractivity contribution in [1.29, 1.82) is 0 Å². The maximum Gasteiger partial charge on any atom is 0.331 e. The van der Waals surface area contributed by atoms with Crippen molar-refractivity contribution in [2.45, 2.75) is 98.6 Å². The Bertz CT molecular complexity index is 1020. The van der Waals surface area contributed by atoms with Gasteiger partial charge in [0.1, 0.15) is 18.3 Å². The summed E-state index contributed by atoms with van der Waals surface area (Å²) in [6.45, 7) is 13.3. The van der Waals surface area contributed by atoms with Crippen LogP contribution in [0, 0.1) is 22.7 Å². The molecule has 1 saturated carbocycles. The zero-order valence-corrected chi connectivity index (χ0v) is 23.1. The predicted octanol–water partition coefficient (Wildman–Crippen LogP) is 3.42. The molecular formula is C28H40O9. The van der Waals surface area contributed by atoms with Gasteiger partial charge >= 0.3 is 23.9 Å². The molecule has 1 fully saturated rings. The highest BCUT2D eigenvalue weighted by Gasteiger charge is 2.73. The monoisotopic (exact) mass is 520 g/mol. The molecule has 0 spiro atoms. The Morgan fingerprint density at radius 2 is 1.76 bits per heavy atom. The SMILES string of the molecule is CC(=O)O[C@@H](CC1=CC(=O)OC1)[C@]1(C)[C@H]2CCC=C(C)[C@]2(C)[C@@H](OC(C)=O)[C@H](OC(=O)C(C)C)[C@]1(C)O. The summed E-state index contributed by atoms with van der Waals surface area (Å²) in [5.74, 6) is -2.97. The number of aliphatic hydroxyl groups is 1. The fraction of sp³-hybridized carbons (Fsp3) is 0.714. The van der Waals surface area contributed by atoms with Crippen LogP contribution in [0.3, 0.4) is 0 Å². The van der Waals surface area contributed by atoms with Crippen LogP contribution < -0.4 is 0 Å². The number of rotatable bonds is 7. The maximum absolute atomic E-state index is 12.9. The molecule has 1 heterocycles. The highest BCUT2D eigenvalue weighted by Crippen LogP contribution is 2.65. The molecule has 0 amide bonds. The van der Waals surface area contributed by atoms with Gasteiger partial charge in [-0.15, -0.1) is 0 Å². The summed E-state index contributed by atoms with van der Waals surface area (Å²) < 4.78 is 22.8. The number of esters is 4. The van der Waals surface area contributed by atoms with Crippen LogP contribution >= 0.6 is 0 Å². The number of hydrogen-bond donors (Lipinski definition) is 1. The van der Waals surface area contributed by atoms with Gasteiger partial charge in [-0.05, 0) is 38.2 Å². The van der Waals surface area contributed by atoms with E-state index in [4.69, 9.17) is 18.9 Å². The molecule has 0 bridgehead atoms. The molecule has 9 nitrogen and oxygen atoms in total. The largest absolute Gasteiger partial charge is 0.462 e. The molecule has 3 aliphatic rings. The van der Waals surface area contributed by atoms with Crippen LogP contribution in [0.5, 0.6) is 0 Å². The number of carbonyl (C=O) groups is 4. The minimum Gasteiger partial charge on any atom is -0.462 e. The summed E-state index contributed by atoms with van der Waals surface area (Å²) in [6, 6.07) is 0. The van der Waals surface area contributed by atoms with Crippen molar-refractivity contribution < 1.29 is 43.2 Å². The molecule has 0 saturated heterocycles. The molecule has 9 heteroatoms. The van der Waals surface area contributed by atoms with Gasteiger partial charge in [0, 0.05) is 37.2 Å². The first kappa shape index (κ1) is 28.9. The molecule has 3 rings (SSSR count). The Kier molecular flexibility index (Phi) is 7.99. The van der Waals surface area contributed by atoms with Crippen LogP contribution in [0.15, 0.2) is 23.3 Å². The van der Waals surface area contributed by atoms with E-state index < -0.39 is 64.5 Å². The smallest absolute Gasteiger partial charge is 0.331 e. The zero-order chi connectivity index (χ0) is 27.9. The third-order valence-corrected chi connectivity index (χ3v) is 8.87. The Morgan fingerprint density at radius 3 is 2.27 bits per heavy atom. The van der Waals surface area contributed by atoms with Gasteiger partial charge in [0.15, 0.2) is 12.2 Å². The van der Waals surface area contributed by atoms with Crippen LogP contribution in [-0.2, 0) is 38.1 Å². The van der Waals surface area contributed by atoms with Crippen LogP contribution in [0.1, 0.15) is 74.7 Å². The van der Waals surface area contributed by atoms with Crippen molar-refractivity contribution in [2.75, 3.05) is 6.61 Å². The molecule has 0 unspecified atom stereocenters. The highest BCUT2D eigenvalue weighted by molar-refractivity contribution is 5.85.